The quantitative estimate of drug-likeness (QED) is 0.211. The standard InChI is InChI=1S/C27H25IN2O4/c1-2-33-22-11-16(10-21(28)25(22)34-14-15-6-4-3-5-7-15)13-29-30-26(31)23-17-8-9-18(20-12-19(17)20)24(23)27(30)32/h3-11,13,17-20,23-24H,2,12,14H2,1H3/b29-13+. The summed E-state index contributed by atoms with van der Waals surface area (Å²) in [7, 11) is 0. The largest absolute Gasteiger partial charge is 0.490 e. The second-order valence-electron chi connectivity index (χ2n) is 9.42. The van der Waals surface area contributed by atoms with Gasteiger partial charge in [0.05, 0.1) is 28.2 Å². The van der Waals surface area contributed by atoms with Crippen LogP contribution in [0.1, 0.15) is 24.5 Å². The topological polar surface area (TPSA) is 68.2 Å². The van der Waals surface area contributed by atoms with Crippen LogP contribution in [0.4, 0.5) is 0 Å². The molecule has 4 aliphatic carbocycles. The SMILES string of the molecule is CCOc1cc(/C=N/N2C(=O)C3C4C=CC(C5CC45)C3C2=O)cc(I)c1OCc1ccccc1. The highest BCUT2D eigenvalue weighted by Gasteiger charge is 2.67. The minimum Gasteiger partial charge on any atom is -0.490 e. The number of benzene rings is 2. The highest BCUT2D eigenvalue weighted by molar-refractivity contribution is 14.1. The van der Waals surface area contributed by atoms with Crippen LogP contribution >= 0.6 is 22.6 Å². The molecule has 2 saturated carbocycles. The van der Waals surface area contributed by atoms with Crippen LogP contribution in [0.5, 0.6) is 11.5 Å². The third-order valence-electron chi connectivity index (χ3n) is 7.52. The van der Waals surface area contributed by atoms with E-state index in [0.29, 0.717) is 36.5 Å². The summed E-state index contributed by atoms with van der Waals surface area (Å²) < 4.78 is 12.8. The fourth-order valence-electron chi connectivity index (χ4n) is 5.97. The predicted octanol–water partition coefficient (Wildman–Crippen LogP) is 4.66. The van der Waals surface area contributed by atoms with Crippen molar-refractivity contribution in [3.8, 4) is 11.5 Å². The number of carbonyl (C=O) groups excluding carboxylic acids is 2. The maximum absolute atomic E-state index is 13.1. The van der Waals surface area contributed by atoms with E-state index in [0.717, 1.165) is 26.1 Å². The van der Waals surface area contributed by atoms with Gasteiger partial charge in [0.2, 0.25) is 0 Å². The molecule has 174 valence electrons. The molecule has 6 atom stereocenters. The van der Waals surface area contributed by atoms with E-state index in [1.165, 1.54) is 0 Å². The molecule has 0 N–H and O–H groups in total. The summed E-state index contributed by atoms with van der Waals surface area (Å²) in [4.78, 5) is 26.3. The van der Waals surface area contributed by atoms with E-state index in [1.54, 1.807) is 6.21 Å². The Labute approximate surface area is 212 Å². The van der Waals surface area contributed by atoms with Gasteiger partial charge < -0.3 is 9.47 Å². The minimum atomic E-state index is -0.240. The van der Waals surface area contributed by atoms with E-state index >= 15 is 0 Å². The Morgan fingerprint density at radius 2 is 1.71 bits per heavy atom. The van der Waals surface area contributed by atoms with Crippen molar-refractivity contribution in [2.24, 2.45) is 40.6 Å². The Kier molecular flexibility index (Phi) is 5.47. The molecule has 34 heavy (non-hydrogen) atoms. The van der Waals surface area contributed by atoms with Crippen LogP contribution in [0.15, 0.2) is 59.7 Å². The van der Waals surface area contributed by atoms with Gasteiger partial charge in [-0.05, 0) is 82.9 Å². The highest BCUT2D eigenvalue weighted by atomic mass is 127. The molecule has 6 unspecified atom stereocenters. The lowest BCUT2D eigenvalue weighted by atomic mass is 9.63. The van der Waals surface area contributed by atoms with Gasteiger partial charge in [-0.25, -0.2) is 0 Å². The zero-order chi connectivity index (χ0) is 23.4. The summed E-state index contributed by atoms with van der Waals surface area (Å²) in [5.74, 6) is 2.05. The van der Waals surface area contributed by atoms with Crippen molar-refractivity contribution < 1.29 is 19.1 Å². The third-order valence-corrected chi connectivity index (χ3v) is 8.32. The van der Waals surface area contributed by atoms with Crippen LogP contribution in [-0.2, 0) is 16.2 Å². The van der Waals surface area contributed by atoms with Gasteiger partial charge in [-0.2, -0.15) is 10.1 Å². The van der Waals surface area contributed by atoms with Gasteiger partial charge in [0.25, 0.3) is 11.8 Å². The molecule has 3 fully saturated rings. The lowest BCUT2D eigenvalue weighted by Crippen LogP contribution is -2.40. The molecule has 0 spiro atoms. The molecule has 0 aromatic heterocycles. The molecular weight excluding hydrogens is 543 g/mol. The van der Waals surface area contributed by atoms with E-state index in [2.05, 4.69) is 39.8 Å². The summed E-state index contributed by atoms with van der Waals surface area (Å²) in [6.07, 6.45) is 7.07. The second kappa shape index (κ2) is 8.52. The molecule has 0 radical (unpaired) electrons. The van der Waals surface area contributed by atoms with Gasteiger partial charge in [-0.3, -0.25) is 9.59 Å². The molecule has 2 bridgehead atoms. The molecule has 2 aromatic rings. The van der Waals surface area contributed by atoms with Crippen LogP contribution in [0.25, 0.3) is 0 Å². The second-order valence-corrected chi connectivity index (χ2v) is 10.6. The molecule has 1 saturated heterocycles. The van der Waals surface area contributed by atoms with E-state index in [9.17, 15) is 9.59 Å². The number of amides is 2. The van der Waals surface area contributed by atoms with Crippen LogP contribution in [0, 0.1) is 39.1 Å². The Morgan fingerprint density at radius 3 is 2.35 bits per heavy atom. The number of hydrazone groups is 1. The van der Waals surface area contributed by atoms with Crippen molar-refractivity contribution in [1.29, 1.82) is 0 Å². The van der Waals surface area contributed by atoms with E-state index < -0.39 is 0 Å². The molecule has 7 rings (SSSR count). The lowest BCUT2D eigenvalue weighted by molar-refractivity contribution is -0.140. The van der Waals surface area contributed by atoms with Crippen LogP contribution in [-0.4, -0.2) is 29.6 Å². The molecular formula is C27H25IN2O4. The molecule has 1 heterocycles. The van der Waals surface area contributed by atoms with Gasteiger partial charge in [-0.1, -0.05) is 42.5 Å². The predicted molar refractivity (Wildman–Crippen MR) is 135 cm³/mol. The first-order valence-electron chi connectivity index (χ1n) is 11.8. The summed E-state index contributed by atoms with van der Waals surface area (Å²) in [6, 6.07) is 13.7. The van der Waals surface area contributed by atoms with Gasteiger partial charge >= 0.3 is 0 Å². The fraction of sp³-hybridized carbons (Fsp3) is 0.370. The number of ether oxygens (including phenoxy) is 2. The van der Waals surface area contributed by atoms with Gasteiger partial charge in [0, 0.05) is 0 Å². The molecule has 6 nitrogen and oxygen atoms in total. The van der Waals surface area contributed by atoms with Gasteiger partial charge in [0.1, 0.15) is 6.61 Å². The van der Waals surface area contributed by atoms with E-state index in [-0.39, 0.29) is 35.5 Å². The number of allylic oxidation sites excluding steroid dienone is 2. The molecule has 2 aromatic carbocycles. The molecule has 7 heteroatoms. The van der Waals surface area contributed by atoms with Crippen molar-refractivity contribution in [3.05, 3.63) is 69.3 Å². The molecule has 5 aliphatic rings. The Bertz CT molecular complexity index is 1170. The van der Waals surface area contributed by atoms with Crippen molar-refractivity contribution in [2.75, 3.05) is 6.61 Å². The Hall–Kier alpha value is -2.68. The monoisotopic (exact) mass is 568 g/mol. The summed E-state index contributed by atoms with van der Waals surface area (Å²) in [5.41, 5.74) is 1.82. The zero-order valence-electron chi connectivity index (χ0n) is 18.8. The minimum absolute atomic E-state index is 0.154. The third kappa shape index (κ3) is 3.56. The average Bonchev–Trinajstić information content (AvgIpc) is 3.62. The first kappa shape index (κ1) is 21.8. The van der Waals surface area contributed by atoms with Crippen molar-refractivity contribution in [3.63, 3.8) is 0 Å². The molecule has 1 aliphatic heterocycles. The average molecular weight is 568 g/mol. The lowest BCUT2D eigenvalue weighted by Gasteiger charge is -2.37. The van der Waals surface area contributed by atoms with Gasteiger partial charge in [-0.15, -0.1) is 0 Å². The van der Waals surface area contributed by atoms with Crippen molar-refractivity contribution in [2.45, 2.75) is 20.0 Å². The van der Waals surface area contributed by atoms with Crippen LogP contribution in [0.3, 0.4) is 0 Å². The normalized spacial score (nSPS) is 30.6. The van der Waals surface area contributed by atoms with Gasteiger partial charge in [0.15, 0.2) is 11.5 Å². The summed E-state index contributed by atoms with van der Waals surface area (Å²) in [6.45, 7) is 2.84. The number of carbonyl (C=O) groups is 2. The number of nitrogens with zero attached hydrogens (tertiary/aromatic N) is 2. The number of imide groups is 1. The number of hydrogen-bond acceptors (Lipinski definition) is 5. The maximum Gasteiger partial charge on any atom is 0.254 e. The summed E-state index contributed by atoms with van der Waals surface area (Å²) >= 11 is 2.22. The number of rotatable bonds is 7. The smallest absolute Gasteiger partial charge is 0.254 e. The van der Waals surface area contributed by atoms with E-state index in [4.69, 9.17) is 9.47 Å². The first-order chi connectivity index (χ1) is 16.6. The highest BCUT2D eigenvalue weighted by Crippen LogP contribution is 2.65. The van der Waals surface area contributed by atoms with Crippen molar-refractivity contribution in [1.82, 2.24) is 5.01 Å². The number of hydrogen-bond donors (Lipinski definition) is 0. The Morgan fingerprint density at radius 1 is 1.03 bits per heavy atom. The van der Waals surface area contributed by atoms with Crippen molar-refractivity contribution >= 4 is 40.6 Å². The zero-order valence-corrected chi connectivity index (χ0v) is 20.9. The molecule has 2 amide bonds. The summed E-state index contributed by atoms with van der Waals surface area (Å²) in [5, 5.41) is 5.47. The van der Waals surface area contributed by atoms with Crippen LogP contribution in [0.2, 0.25) is 0 Å². The Balaban J connectivity index is 1.22. The fourth-order valence-corrected chi connectivity index (χ4v) is 6.76. The van der Waals surface area contributed by atoms with E-state index in [1.807, 2.05) is 49.4 Å². The maximum atomic E-state index is 13.1. The first-order valence-corrected chi connectivity index (χ1v) is 12.9. The number of halogens is 1. The van der Waals surface area contributed by atoms with Crippen LogP contribution < -0.4 is 9.47 Å².